The summed E-state index contributed by atoms with van der Waals surface area (Å²) in [5.41, 5.74) is 5.95. The van der Waals surface area contributed by atoms with Crippen LogP contribution in [0, 0.1) is 26.9 Å². The second kappa shape index (κ2) is 24.2. The van der Waals surface area contributed by atoms with Gasteiger partial charge >= 0.3 is 11.8 Å². The average molecular weight is 982 g/mol. The zero-order valence-corrected chi connectivity index (χ0v) is 41.7. The third-order valence-corrected chi connectivity index (χ3v) is 13.3. The molecule has 20 nitrogen and oxygen atoms in total. The SMILES string of the molecule is [B]C(CC)(CC)SC(=C)c1ccc(C(=O)NCC(C)(C)COCC(C)(C)Cn2cc(CC(OC(=O)N(C)[C@H](C(N)=O)C(C)C)c3ccc(OC4OC(CO)C(O)C(O)C4O)c([N+](=O)[O-])c3)nn2)cc1. The summed E-state index contributed by atoms with van der Waals surface area (Å²) >= 11 is 1.54. The highest BCUT2D eigenvalue weighted by Gasteiger charge is 2.45. The summed E-state index contributed by atoms with van der Waals surface area (Å²) in [6, 6.07) is 9.87. The molecule has 3 amide bonds. The molecule has 2 aromatic carbocycles. The molecule has 1 aliphatic rings. The van der Waals surface area contributed by atoms with Crippen LogP contribution in [-0.2, 0) is 32.0 Å². The number of aliphatic hydroxyl groups excluding tert-OH is 4. The van der Waals surface area contributed by atoms with Crippen LogP contribution in [0.2, 0.25) is 0 Å². The maximum Gasteiger partial charge on any atom is 0.410 e. The van der Waals surface area contributed by atoms with E-state index in [0.717, 1.165) is 34.3 Å². The molecule has 69 heavy (non-hydrogen) atoms. The van der Waals surface area contributed by atoms with E-state index in [-0.39, 0.29) is 23.8 Å². The molecule has 3 aromatic rings. The second-order valence-corrected chi connectivity index (χ2v) is 20.9. The van der Waals surface area contributed by atoms with E-state index >= 15 is 0 Å². The predicted molar refractivity (Wildman–Crippen MR) is 259 cm³/mol. The number of benzene rings is 2. The number of likely N-dealkylation sites (N-methyl/N-ethyl adjacent to an activating group) is 1. The Morgan fingerprint density at radius 1 is 1.03 bits per heavy atom. The van der Waals surface area contributed by atoms with Crippen LogP contribution in [0.5, 0.6) is 5.75 Å². The smallest absolute Gasteiger partial charge is 0.410 e. The lowest BCUT2D eigenvalue weighted by Crippen LogP contribution is -2.60. The van der Waals surface area contributed by atoms with Crippen molar-refractivity contribution < 1.29 is 58.7 Å². The second-order valence-electron chi connectivity index (χ2n) is 19.4. The lowest BCUT2D eigenvalue weighted by molar-refractivity contribution is -0.387. The van der Waals surface area contributed by atoms with Crippen LogP contribution in [0.3, 0.4) is 0 Å². The minimum Gasteiger partial charge on any atom is -0.455 e. The van der Waals surface area contributed by atoms with Gasteiger partial charge in [-0.25, -0.2) is 4.79 Å². The fourth-order valence-corrected chi connectivity index (χ4v) is 8.58. The molecule has 0 aliphatic carbocycles. The van der Waals surface area contributed by atoms with Crippen LogP contribution in [-0.4, -0.2) is 146 Å². The predicted octanol–water partition coefficient (Wildman–Crippen LogP) is 4.11. The molecule has 6 unspecified atom stereocenters. The number of hydrogen-bond acceptors (Lipinski definition) is 16. The molecular formula is C47H68BN7O13S. The largest absolute Gasteiger partial charge is 0.455 e. The summed E-state index contributed by atoms with van der Waals surface area (Å²) in [6.07, 6.45) is -7.47. The minimum absolute atomic E-state index is 0.114. The molecule has 7 N–H and O–H groups in total. The number of ether oxygens (including phenoxy) is 4. The van der Waals surface area contributed by atoms with Crippen molar-refractivity contribution in [2.24, 2.45) is 22.5 Å². The Kier molecular flexibility index (Phi) is 19.8. The highest BCUT2D eigenvalue weighted by molar-refractivity contribution is 8.10. The maximum absolute atomic E-state index is 13.6. The highest BCUT2D eigenvalue weighted by atomic mass is 32.2. The molecule has 7 atom stereocenters. The number of rotatable bonds is 25. The third kappa shape index (κ3) is 15.4. The zero-order valence-electron chi connectivity index (χ0n) is 40.9. The van der Waals surface area contributed by atoms with Crippen LogP contribution in [0.15, 0.2) is 55.2 Å². The number of nitrogens with two attached hydrogens (primary N) is 1. The molecule has 0 spiro atoms. The van der Waals surface area contributed by atoms with Gasteiger partial charge in [-0.15, -0.1) is 16.9 Å². The number of primary amides is 1. The van der Waals surface area contributed by atoms with Gasteiger partial charge in [0.15, 0.2) is 5.75 Å². The quantitative estimate of drug-likeness (QED) is 0.0396. The number of aliphatic hydroxyl groups is 4. The maximum atomic E-state index is 13.6. The standard InChI is InChI=1S/C47H68BN7O13S/c1-11-47(48,12-2)69-28(5)29-13-15-30(16-14-29)42(61)50-23-45(6,7)25-65-26-46(8,9)24-54-21-32(51-52-54)20-35(68-44(62)53(10)37(27(3)4)41(49)60)31-17-18-34(33(19-31)55(63)64)66-43-40(59)39(58)38(57)36(22-56)67-43/h13-19,21,27,35-40,43,56-59H,5,11-12,20,22-26H2,1-4,6-10H3,(H2,49,60)(H,50,61)/t35?,36?,37-,38?,39?,40?,43?/m0/s1. The number of carbonyl (C=O) groups is 3. The first-order chi connectivity index (χ1) is 32.2. The van der Waals surface area contributed by atoms with E-state index < -0.39 is 93.3 Å². The van der Waals surface area contributed by atoms with E-state index in [0.29, 0.717) is 37.6 Å². The van der Waals surface area contributed by atoms with Gasteiger partial charge in [0.25, 0.3) is 5.91 Å². The number of hydrogen-bond donors (Lipinski definition) is 6. The van der Waals surface area contributed by atoms with Crippen molar-refractivity contribution in [3.8, 4) is 5.75 Å². The molecule has 4 rings (SSSR count). The van der Waals surface area contributed by atoms with E-state index in [2.05, 4.69) is 22.2 Å². The number of carbonyl (C=O) groups excluding carboxylic acids is 3. The molecule has 1 aromatic heterocycles. The highest BCUT2D eigenvalue weighted by Crippen LogP contribution is 2.39. The molecule has 1 aliphatic heterocycles. The van der Waals surface area contributed by atoms with Crippen molar-refractivity contribution in [1.82, 2.24) is 25.2 Å². The van der Waals surface area contributed by atoms with Crippen LogP contribution in [0.1, 0.15) is 102 Å². The van der Waals surface area contributed by atoms with Gasteiger partial charge in [-0.1, -0.05) is 85.4 Å². The van der Waals surface area contributed by atoms with Crippen molar-refractivity contribution >= 4 is 48.1 Å². The van der Waals surface area contributed by atoms with E-state index in [9.17, 15) is 44.9 Å². The van der Waals surface area contributed by atoms with Crippen LogP contribution in [0.25, 0.3) is 4.91 Å². The van der Waals surface area contributed by atoms with Crippen molar-refractivity contribution in [1.29, 1.82) is 0 Å². The zero-order chi connectivity index (χ0) is 51.6. The molecule has 0 saturated carbocycles. The van der Waals surface area contributed by atoms with Crippen LogP contribution < -0.4 is 15.8 Å². The Morgan fingerprint density at radius 3 is 2.23 bits per heavy atom. The van der Waals surface area contributed by atoms with Crippen molar-refractivity contribution in [3.05, 3.63) is 87.7 Å². The van der Waals surface area contributed by atoms with E-state index in [1.54, 1.807) is 48.6 Å². The molecule has 1 saturated heterocycles. The van der Waals surface area contributed by atoms with Gasteiger partial charge in [-0.05, 0) is 52.7 Å². The van der Waals surface area contributed by atoms with Gasteiger partial charge in [-0.2, -0.15) is 0 Å². The molecule has 0 bridgehead atoms. The molecule has 378 valence electrons. The Balaban J connectivity index is 1.43. The monoisotopic (exact) mass is 981 g/mol. The number of thioether (sulfide) groups is 1. The molecule has 1 fully saturated rings. The van der Waals surface area contributed by atoms with Crippen molar-refractivity contribution in [3.63, 3.8) is 0 Å². The third-order valence-electron chi connectivity index (χ3n) is 11.8. The van der Waals surface area contributed by atoms with Gasteiger partial charge in [-0.3, -0.25) is 29.3 Å². The molecule has 2 heterocycles. The number of nitrogens with one attached hydrogen (secondary N) is 1. The first-order valence-electron chi connectivity index (χ1n) is 22.7. The Hall–Kier alpha value is -5.10. The van der Waals surface area contributed by atoms with Crippen molar-refractivity contribution in [2.45, 2.75) is 129 Å². The fourth-order valence-electron chi connectivity index (χ4n) is 7.55. The van der Waals surface area contributed by atoms with Gasteiger partial charge in [0.05, 0.1) is 38.3 Å². The molecule has 2 radical (unpaired) electrons. The van der Waals surface area contributed by atoms with E-state index in [1.165, 1.54) is 19.2 Å². The number of aromatic nitrogens is 3. The lowest BCUT2D eigenvalue weighted by Gasteiger charge is -2.39. The van der Waals surface area contributed by atoms with Crippen molar-refractivity contribution in [2.75, 3.05) is 33.4 Å². The summed E-state index contributed by atoms with van der Waals surface area (Å²) in [4.78, 5) is 52.5. The van der Waals surface area contributed by atoms with E-state index in [4.69, 9.17) is 32.5 Å². The van der Waals surface area contributed by atoms with Gasteiger partial charge in [0, 0.05) is 60.1 Å². The number of nitrogens with zero attached hydrogens (tertiary/aromatic N) is 5. The lowest BCUT2D eigenvalue weighted by atomic mass is 9.82. The topological polar surface area (TPSA) is 284 Å². The first kappa shape index (κ1) is 56.5. The van der Waals surface area contributed by atoms with Gasteiger partial charge < -0.3 is 50.4 Å². The summed E-state index contributed by atoms with van der Waals surface area (Å²) in [6.45, 7) is 20.2. The Morgan fingerprint density at radius 2 is 1.65 bits per heavy atom. The summed E-state index contributed by atoms with van der Waals surface area (Å²) in [7, 11) is 7.80. The van der Waals surface area contributed by atoms with E-state index in [1.807, 2.05) is 53.7 Å². The minimum atomic E-state index is -1.85. The molecular weight excluding hydrogens is 913 g/mol. The first-order valence-corrected chi connectivity index (χ1v) is 23.6. The summed E-state index contributed by atoms with van der Waals surface area (Å²) in [5, 5.41) is 64.5. The van der Waals surface area contributed by atoms with Crippen LogP contribution in [0.4, 0.5) is 10.5 Å². The molecule has 22 heteroatoms. The summed E-state index contributed by atoms with van der Waals surface area (Å²) in [5.74, 6) is -1.78. The average Bonchev–Trinajstić information content (AvgIpc) is 3.73. The van der Waals surface area contributed by atoms with Gasteiger partial charge in [0.2, 0.25) is 12.2 Å². The number of amides is 3. The van der Waals surface area contributed by atoms with Gasteiger partial charge in [0.1, 0.15) is 36.6 Å². The Labute approximate surface area is 408 Å². The Bertz CT molecular complexity index is 2240. The normalized spacial score (nSPS) is 19.7. The number of nitro groups is 1. The van der Waals surface area contributed by atoms with Crippen LogP contribution >= 0.6 is 11.8 Å². The fraction of sp³-hybridized carbons (Fsp3) is 0.596. The number of nitro benzene ring substituents is 1. The summed E-state index contributed by atoms with van der Waals surface area (Å²) < 4.78 is 24.3.